The molecule has 0 aliphatic heterocycles. The van der Waals surface area contributed by atoms with Crippen molar-refractivity contribution in [3.63, 3.8) is 0 Å². The van der Waals surface area contributed by atoms with Crippen LogP contribution in [0, 0.1) is 0 Å². The van der Waals surface area contributed by atoms with Crippen LogP contribution in [0.4, 0.5) is 0 Å². The monoisotopic (exact) mass is 455 g/mol. The Hall–Kier alpha value is -1.17. The predicted molar refractivity (Wildman–Crippen MR) is 120 cm³/mol. The molecule has 1 aromatic rings. The first-order valence-electron chi connectivity index (χ1n) is 11.1. The quantitative estimate of drug-likeness (QED) is 0.321. The molecule has 1 rings (SSSR count). The van der Waals surface area contributed by atoms with E-state index in [9.17, 15) is 9.59 Å². The molecule has 0 aliphatic rings. The van der Waals surface area contributed by atoms with E-state index in [-0.39, 0.29) is 11.5 Å². The fourth-order valence-electron chi connectivity index (χ4n) is 3.46. The van der Waals surface area contributed by atoms with Crippen LogP contribution in [0.3, 0.4) is 0 Å². The Morgan fingerprint density at radius 2 is 1.50 bits per heavy atom. The largest absolute Gasteiger partial charge is 0.355 e. The maximum Gasteiger partial charge on any atom is 0.267 e. The Labute approximate surface area is 178 Å². The second kappa shape index (κ2) is 15.7. The second-order valence-electron chi connectivity index (χ2n) is 7.53. The maximum atomic E-state index is 12.4. The van der Waals surface area contributed by atoms with Crippen LogP contribution in [-0.4, -0.2) is 22.2 Å². The number of hydrogen-bond donors (Lipinski definition) is 1. The van der Waals surface area contributed by atoms with Crippen molar-refractivity contribution in [3.05, 3.63) is 27.1 Å². The van der Waals surface area contributed by atoms with Crippen LogP contribution in [-0.2, 0) is 4.79 Å². The van der Waals surface area contributed by atoms with E-state index in [0.717, 1.165) is 12.8 Å². The molecule has 1 N–H and O–H groups in total. The number of hydrogen-bond acceptors (Lipinski definition) is 3. The van der Waals surface area contributed by atoms with Gasteiger partial charge in [0.05, 0.1) is 0 Å². The highest BCUT2D eigenvalue weighted by Gasteiger charge is 2.21. The number of unbranched alkanes of at least 4 members (excludes halogenated alkanes) is 11. The molecule has 1 heterocycles. The van der Waals surface area contributed by atoms with Gasteiger partial charge in [0.15, 0.2) is 0 Å². The number of aromatic nitrogens is 2. The van der Waals surface area contributed by atoms with Gasteiger partial charge < -0.3 is 5.32 Å². The Balaban J connectivity index is 2.28. The zero-order chi connectivity index (χ0) is 20.6. The van der Waals surface area contributed by atoms with Gasteiger partial charge in [0.2, 0.25) is 5.91 Å². The fraction of sp³-hybridized carbons (Fsp3) is 0.773. The molecule has 0 aliphatic carbocycles. The van der Waals surface area contributed by atoms with E-state index in [0.29, 0.717) is 17.6 Å². The molecule has 6 heteroatoms. The highest BCUT2D eigenvalue weighted by molar-refractivity contribution is 9.10. The maximum absolute atomic E-state index is 12.4. The normalized spacial score (nSPS) is 12.1. The molecule has 0 radical (unpaired) electrons. The fourth-order valence-corrected chi connectivity index (χ4v) is 3.76. The first-order valence-corrected chi connectivity index (χ1v) is 11.9. The van der Waals surface area contributed by atoms with Crippen molar-refractivity contribution < 1.29 is 4.79 Å². The van der Waals surface area contributed by atoms with Gasteiger partial charge in [0.1, 0.15) is 10.6 Å². The third kappa shape index (κ3) is 10.4. The lowest BCUT2D eigenvalue weighted by Gasteiger charge is -2.18. The second-order valence-corrected chi connectivity index (χ2v) is 8.34. The summed E-state index contributed by atoms with van der Waals surface area (Å²) < 4.78 is 1.88. The highest BCUT2D eigenvalue weighted by atomic mass is 79.9. The first-order chi connectivity index (χ1) is 13.6. The van der Waals surface area contributed by atoms with E-state index in [1.165, 1.54) is 75.0 Å². The molecule has 160 valence electrons. The molecule has 0 spiro atoms. The van der Waals surface area contributed by atoms with Crippen molar-refractivity contribution in [2.24, 2.45) is 0 Å². The van der Waals surface area contributed by atoms with Crippen LogP contribution in [0.1, 0.15) is 103 Å². The molecule has 0 saturated carbocycles. The highest BCUT2D eigenvalue weighted by Crippen LogP contribution is 2.17. The SMILES string of the molecule is CCCCCCCCCCCCCCC(C(=O)NCC)n1nc(Br)ccc1=O. The molecule has 1 amide bonds. The van der Waals surface area contributed by atoms with Gasteiger partial charge in [-0.3, -0.25) is 9.59 Å². The number of amides is 1. The lowest BCUT2D eigenvalue weighted by Crippen LogP contribution is -2.38. The van der Waals surface area contributed by atoms with Gasteiger partial charge in [-0.2, -0.15) is 5.10 Å². The molecule has 1 aromatic heterocycles. The Morgan fingerprint density at radius 1 is 0.964 bits per heavy atom. The summed E-state index contributed by atoms with van der Waals surface area (Å²) in [6.07, 6.45) is 16.0. The average molecular weight is 456 g/mol. The number of carbonyl (C=O) groups excluding carboxylic acids is 1. The molecule has 1 atom stereocenters. The Bertz CT molecular complexity index is 604. The van der Waals surface area contributed by atoms with Gasteiger partial charge in [-0.25, -0.2) is 4.68 Å². The van der Waals surface area contributed by atoms with Crippen molar-refractivity contribution in [1.29, 1.82) is 0 Å². The zero-order valence-corrected chi connectivity index (χ0v) is 19.3. The van der Waals surface area contributed by atoms with Crippen LogP contribution in [0.15, 0.2) is 21.5 Å². The van der Waals surface area contributed by atoms with Crippen molar-refractivity contribution >= 4 is 21.8 Å². The van der Waals surface area contributed by atoms with Crippen LogP contribution in [0.2, 0.25) is 0 Å². The smallest absolute Gasteiger partial charge is 0.267 e. The number of rotatable bonds is 16. The van der Waals surface area contributed by atoms with E-state index in [4.69, 9.17) is 0 Å². The van der Waals surface area contributed by atoms with Gasteiger partial charge in [-0.1, -0.05) is 84.0 Å². The summed E-state index contributed by atoms with van der Waals surface area (Å²) >= 11 is 3.29. The van der Waals surface area contributed by atoms with E-state index >= 15 is 0 Å². The lowest BCUT2D eigenvalue weighted by atomic mass is 10.0. The Kier molecular flexibility index (Phi) is 14.0. The van der Waals surface area contributed by atoms with Gasteiger partial charge in [-0.15, -0.1) is 0 Å². The van der Waals surface area contributed by atoms with Crippen LogP contribution in [0.5, 0.6) is 0 Å². The summed E-state index contributed by atoms with van der Waals surface area (Å²) in [7, 11) is 0. The Morgan fingerprint density at radius 3 is 2.04 bits per heavy atom. The molecule has 0 saturated heterocycles. The number of likely N-dealkylation sites (N-methyl/N-ethyl adjacent to an activating group) is 1. The third-order valence-electron chi connectivity index (χ3n) is 5.07. The van der Waals surface area contributed by atoms with Crippen molar-refractivity contribution in [2.75, 3.05) is 6.54 Å². The van der Waals surface area contributed by atoms with E-state index < -0.39 is 6.04 Å². The minimum Gasteiger partial charge on any atom is -0.355 e. The van der Waals surface area contributed by atoms with Gasteiger partial charge in [-0.05, 0) is 35.3 Å². The van der Waals surface area contributed by atoms with Gasteiger partial charge in [0, 0.05) is 12.6 Å². The van der Waals surface area contributed by atoms with Crippen molar-refractivity contribution in [1.82, 2.24) is 15.1 Å². The van der Waals surface area contributed by atoms with E-state index in [1.807, 2.05) is 6.92 Å². The van der Waals surface area contributed by atoms with Crippen molar-refractivity contribution in [3.8, 4) is 0 Å². The molecule has 1 unspecified atom stereocenters. The van der Waals surface area contributed by atoms with E-state index in [2.05, 4.69) is 33.3 Å². The number of nitrogens with one attached hydrogen (secondary N) is 1. The molecular formula is C22H38BrN3O2. The molecule has 0 fully saturated rings. The number of carbonyl (C=O) groups is 1. The topological polar surface area (TPSA) is 64.0 Å². The van der Waals surface area contributed by atoms with Gasteiger partial charge in [0.25, 0.3) is 5.56 Å². The summed E-state index contributed by atoms with van der Waals surface area (Å²) in [5.74, 6) is -0.127. The summed E-state index contributed by atoms with van der Waals surface area (Å²) in [6.45, 7) is 4.69. The van der Waals surface area contributed by atoms with E-state index in [1.54, 1.807) is 6.07 Å². The van der Waals surface area contributed by atoms with Gasteiger partial charge >= 0.3 is 0 Å². The van der Waals surface area contributed by atoms with Crippen LogP contribution in [0.25, 0.3) is 0 Å². The summed E-state index contributed by atoms with van der Waals surface area (Å²) in [6, 6.07) is 2.52. The average Bonchev–Trinajstić information content (AvgIpc) is 2.68. The number of nitrogens with zero attached hydrogens (tertiary/aromatic N) is 2. The summed E-state index contributed by atoms with van der Waals surface area (Å²) in [4.78, 5) is 24.6. The third-order valence-corrected chi connectivity index (χ3v) is 5.50. The molecular weight excluding hydrogens is 418 g/mol. The predicted octanol–water partition coefficient (Wildman–Crippen LogP) is 5.77. The van der Waals surface area contributed by atoms with Crippen LogP contribution < -0.4 is 10.9 Å². The molecule has 0 aromatic carbocycles. The molecule has 0 bridgehead atoms. The van der Waals surface area contributed by atoms with Crippen LogP contribution >= 0.6 is 15.9 Å². The first kappa shape index (κ1) is 24.9. The lowest BCUT2D eigenvalue weighted by molar-refractivity contribution is -0.124. The molecule has 28 heavy (non-hydrogen) atoms. The summed E-state index contributed by atoms with van der Waals surface area (Å²) in [5, 5.41) is 7.04. The minimum atomic E-state index is -0.534. The molecule has 5 nitrogen and oxygen atoms in total. The van der Waals surface area contributed by atoms with Crippen molar-refractivity contribution in [2.45, 2.75) is 103 Å². The standard InChI is InChI=1S/C22H38BrN3O2/c1-3-5-6-7-8-9-10-11-12-13-14-15-16-19(22(28)24-4-2)26-21(27)18-17-20(23)25-26/h17-19H,3-16H2,1-2H3,(H,24,28). The summed E-state index contributed by atoms with van der Waals surface area (Å²) in [5.41, 5.74) is -0.238. The number of halogens is 1. The minimum absolute atomic E-state index is 0.127. The zero-order valence-electron chi connectivity index (χ0n) is 17.7.